The van der Waals surface area contributed by atoms with E-state index in [2.05, 4.69) is 29.8 Å². The van der Waals surface area contributed by atoms with Crippen LogP contribution in [0.25, 0.3) is 11.0 Å². The second-order valence-corrected chi connectivity index (χ2v) is 9.10. The van der Waals surface area contributed by atoms with E-state index in [4.69, 9.17) is 14.5 Å². The average Bonchev–Trinajstić information content (AvgIpc) is 3.15. The van der Waals surface area contributed by atoms with Crippen molar-refractivity contribution in [2.45, 2.75) is 44.6 Å². The Kier molecular flexibility index (Phi) is 6.51. The van der Waals surface area contributed by atoms with E-state index in [9.17, 15) is 4.79 Å². The third-order valence-corrected chi connectivity index (χ3v) is 6.57. The summed E-state index contributed by atoms with van der Waals surface area (Å²) in [5, 5.41) is 3.39. The van der Waals surface area contributed by atoms with Gasteiger partial charge in [0, 0.05) is 20.3 Å². The Labute approximate surface area is 189 Å². The largest absolute Gasteiger partial charge is 0.497 e. The van der Waals surface area contributed by atoms with Gasteiger partial charge in [0.15, 0.2) is 0 Å². The highest BCUT2D eigenvalue weighted by Crippen LogP contribution is 2.37. The minimum Gasteiger partial charge on any atom is -0.497 e. The molecule has 2 aromatic carbocycles. The molecule has 0 spiro atoms. The highest BCUT2D eigenvalue weighted by atomic mass is 16.5. The molecule has 1 saturated heterocycles. The molecule has 0 bridgehead atoms. The average molecular weight is 436 g/mol. The van der Waals surface area contributed by atoms with Gasteiger partial charge in [-0.1, -0.05) is 38.1 Å². The fourth-order valence-corrected chi connectivity index (χ4v) is 4.75. The summed E-state index contributed by atoms with van der Waals surface area (Å²) in [5.41, 5.74) is 2.41. The minimum atomic E-state index is -0.621. The lowest BCUT2D eigenvalue weighted by atomic mass is 9.73. The van der Waals surface area contributed by atoms with Crippen LogP contribution < -0.4 is 10.1 Å². The van der Waals surface area contributed by atoms with E-state index in [0.717, 1.165) is 34.6 Å². The Hall–Kier alpha value is -2.86. The number of amides is 1. The van der Waals surface area contributed by atoms with E-state index in [1.54, 1.807) is 7.11 Å². The molecule has 1 aliphatic heterocycles. The second-order valence-electron chi connectivity index (χ2n) is 9.10. The number of aromatic nitrogens is 2. The van der Waals surface area contributed by atoms with Gasteiger partial charge in [-0.05, 0) is 55.0 Å². The number of fused-ring (bicyclic) bond motifs is 1. The number of carbonyl (C=O) groups excluding carboxylic acids is 1. The summed E-state index contributed by atoms with van der Waals surface area (Å²) in [5.74, 6) is 2.13. The Morgan fingerprint density at radius 2 is 1.84 bits per heavy atom. The van der Waals surface area contributed by atoms with Crippen molar-refractivity contribution in [1.82, 2.24) is 14.9 Å². The zero-order valence-electron chi connectivity index (χ0n) is 19.4. The number of ether oxygens (including phenoxy) is 2. The number of nitrogens with one attached hydrogen (secondary N) is 1. The van der Waals surface area contributed by atoms with E-state index in [1.807, 2.05) is 49.5 Å². The van der Waals surface area contributed by atoms with Gasteiger partial charge in [0.05, 0.1) is 29.6 Å². The number of aryl methyl sites for hydroxylation is 1. The maximum atomic E-state index is 13.9. The first kappa shape index (κ1) is 22.3. The first-order valence-corrected chi connectivity index (χ1v) is 11.4. The molecule has 0 radical (unpaired) electrons. The van der Waals surface area contributed by atoms with E-state index in [0.29, 0.717) is 32.0 Å². The van der Waals surface area contributed by atoms with Crippen LogP contribution in [0, 0.1) is 5.92 Å². The van der Waals surface area contributed by atoms with Gasteiger partial charge in [-0.3, -0.25) is 4.79 Å². The van der Waals surface area contributed by atoms with Gasteiger partial charge < -0.3 is 19.4 Å². The molecule has 1 N–H and O–H groups in total. The Bertz CT molecular complexity index is 1070. The van der Waals surface area contributed by atoms with Gasteiger partial charge in [0.25, 0.3) is 0 Å². The van der Waals surface area contributed by atoms with Crippen molar-refractivity contribution >= 4 is 16.9 Å². The molecule has 0 unspecified atom stereocenters. The predicted octanol–water partition coefficient (Wildman–Crippen LogP) is 4.53. The van der Waals surface area contributed by atoms with Crippen molar-refractivity contribution in [3.63, 3.8) is 0 Å². The number of methoxy groups -OCH3 is 1. The third kappa shape index (κ3) is 4.24. The fourth-order valence-electron chi connectivity index (χ4n) is 4.75. The molecule has 0 aliphatic carbocycles. The number of benzene rings is 2. The van der Waals surface area contributed by atoms with Crippen LogP contribution in [0.3, 0.4) is 0 Å². The maximum absolute atomic E-state index is 13.9. The first-order valence-electron chi connectivity index (χ1n) is 11.4. The van der Waals surface area contributed by atoms with Gasteiger partial charge in [0.1, 0.15) is 11.6 Å². The number of nitrogens with zero attached hydrogens (tertiary/aromatic N) is 2. The van der Waals surface area contributed by atoms with E-state index in [1.165, 1.54) is 0 Å². The molecular formula is C26H33N3O3. The summed E-state index contributed by atoms with van der Waals surface area (Å²) in [6.45, 7) is 5.49. The maximum Gasteiger partial charge on any atom is 0.231 e. The topological polar surface area (TPSA) is 65.4 Å². The van der Waals surface area contributed by atoms with Gasteiger partial charge in [-0.15, -0.1) is 0 Å². The molecule has 32 heavy (non-hydrogen) atoms. The van der Waals surface area contributed by atoms with Crippen molar-refractivity contribution in [3.05, 3.63) is 59.9 Å². The van der Waals surface area contributed by atoms with E-state index >= 15 is 0 Å². The molecule has 0 saturated carbocycles. The number of hydrogen-bond donors (Lipinski definition) is 1. The minimum absolute atomic E-state index is 0.0451. The standard InChI is InChI=1S/C26H33N3O3/c1-18(2)17-22(24-27-21-7-5-6-8-23(21)29(24)3)28-25(30)26(13-15-32-16-14-26)19-9-11-20(31-4)12-10-19/h5-12,18,22H,13-17H2,1-4H3,(H,28,30)/t22-/m0/s1. The first-order chi connectivity index (χ1) is 15.4. The smallest absolute Gasteiger partial charge is 0.231 e. The van der Waals surface area contributed by atoms with Crippen LogP contribution >= 0.6 is 0 Å². The summed E-state index contributed by atoms with van der Waals surface area (Å²) < 4.78 is 13.1. The Balaban J connectivity index is 1.69. The number of hydrogen-bond acceptors (Lipinski definition) is 4. The SMILES string of the molecule is COc1ccc(C2(C(=O)N[C@@H](CC(C)C)c3nc4ccccc4n3C)CCOCC2)cc1. The predicted molar refractivity (Wildman–Crippen MR) is 126 cm³/mol. The molecule has 4 rings (SSSR count). The van der Waals surface area contributed by atoms with Crippen LogP contribution in [0.4, 0.5) is 0 Å². The van der Waals surface area contributed by atoms with Crippen LogP contribution in [0.1, 0.15) is 50.5 Å². The molecule has 6 nitrogen and oxygen atoms in total. The highest BCUT2D eigenvalue weighted by Gasteiger charge is 2.43. The summed E-state index contributed by atoms with van der Waals surface area (Å²) >= 11 is 0. The number of rotatable bonds is 7. The van der Waals surface area contributed by atoms with E-state index in [-0.39, 0.29) is 11.9 Å². The molecule has 1 aromatic heterocycles. The van der Waals surface area contributed by atoms with Crippen molar-refractivity contribution in [2.24, 2.45) is 13.0 Å². The van der Waals surface area contributed by atoms with Gasteiger partial charge >= 0.3 is 0 Å². The van der Waals surface area contributed by atoms with Crippen LogP contribution in [-0.4, -0.2) is 35.8 Å². The molecule has 1 aliphatic rings. The van der Waals surface area contributed by atoms with Crippen LogP contribution in [0.2, 0.25) is 0 Å². The lowest BCUT2D eigenvalue weighted by Crippen LogP contribution is -2.49. The fraction of sp³-hybridized carbons (Fsp3) is 0.462. The number of para-hydroxylation sites is 2. The van der Waals surface area contributed by atoms with Crippen LogP contribution in [-0.2, 0) is 22.0 Å². The van der Waals surface area contributed by atoms with Gasteiger partial charge in [0.2, 0.25) is 5.91 Å². The lowest BCUT2D eigenvalue weighted by molar-refractivity contribution is -0.131. The number of carbonyl (C=O) groups is 1. The zero-order chi connectivity index (χ0) is 22.7. The molecule has 3 aromatic rings. The summed E-state index contributed by atoms with van der Waals surface area (Å²) in [6, 6.07) is 15.8. The summed E-state index contributed by atoms with van der Waals surface area (Å²) in [7, 11) is 3.68. The second kappa shape index (κ2) is 9.33. The van der Waals surface area contributed by atoms with Crippen molar-refractivity contribution < 1.29 is 14.3 Å². The van der Waals surface area contributed by atoms with Crippen molar-refractivity contribution in [2.75, 3.05) is 20.3 Å². The Morgan fingerprint density at radius 3 is 2.47 bits per heavy atom. The quantitative estimate of drug-likeness (QED) is 0.592. The zero-order valence-corrected chi connectivity index (χ0v) is 19.4. The molecule has 1 atom stereocenters. The van der Waals surface area contributed by atoms with Crippen molar-refractivity contribution in [3.8, 4) is 5.75 Å². The summed E-state index contributed by atoms with van der Waals surface area (Å²) in [4.78, 5) is 18.8. The van der Waals surface area contributed by atoms with Gasteiger partial charge in [-0.25, -0.2) is 4.98 Å². The van der Waals surface area contributed by atoms with Crippen LogP contribution in [0.15, 0.2) is 48.5 Å². The molecule has 2 heterocycles. The Morgan fingerprint density at radius 1 is 1.16 bits per heavy atom. The monoisotopic (exact) mass is 435 g/mol. The molecule has 1 amide bonds. The normalized spacial score (nSPS) is 16.8. The molecule has 1 fully saturated rings. The van der Waals surface area contributed by atoms with Gasteiger partial charge in [-0.2, -0.15) is 0 Å². The molecular weight excluding hydrogens is 402 g/mol. The molecule has 6 heteroatoms. The summed E-state index contributed by atoms with van der Waals surface area (Å²) in [6.07, 6.45) is 2.13. The molecule has 170 valence electrons. The third-order valence-electron chi connectivity index (χ3n) is 6.57. The van der Waals surface area contributed by atoms with E-state index < -0.39 is 5.41 Å². The lowest BCUT2D eigenvalue weighted by Gasteiger charge is -2.37. The van der Waals surface area contributed by atoms with Crippen LogP contribution in [0.5, 0.6) is 5.75 Å². The highest BCUT2D eigenvalue weighted by molar-refractivity contribution is 5.89. The number of imidazole rings is 1. The van der Waals surface area contributed by atoms with Crippen molar-refractivity contribution in [1.29, 1.82) is 0 Å².